The van der Waals surface area contributed by atoms with Crippen LogP contribution in [0.25, 0.3) is 0 Å². The van der Waals surface area contributed by atoms with Crippen LogP contribution in [-0.4, -0.2) is 24.3 Å². The minimum absolute atomic E-state index is 0.127. The molecule has 1 aliphatic rings. The normalized spacial score (nSPS) is 18.8. The van der Waals surface area contributed by atoms with Crippen LogP contribution >= 0.6 is 0 Å². The van der Waals surface area contributed by atoms with Crippen LogP contribution in [0.15, 0.2) is 35.9 Å². The van der Waals surface area contributed by atoms with Crippen molar-refractivity contribution in [2.75, 3.05) is 7.11 Å². The highest BCUT2D eigenvalue weighted by molar-refractivity contribution is 5.80. The smallest absolute Gasteiger partial charge is 0.328 e. The summed E-state index contributed by atoms with van der Waals surface area (Å²) in [6, 6.07) is 7.58. The maximum atomic E-state index is 10.6. The molecule has 1 aromatic carbocycles. The monoisotopic (exact) mass is 262 g/mol. The lowest BCUT2D eigenvalue weighted by Gasteiger charge is -2.25. The molecular weight excluding hydrogens is 244 g/mol. The molecule has 1 aromatic rings. The highest BCUT2D eigenvalue weighted by Crippen LogP contribution is 2.31. The fraction of sp³-hybridized carbons (Fsp3) is 0.400. The molecule has 102 valence electrons. The van der Waals surface area contributed by atoms with E-state index in [0.717, 1.165) is 42.8 Å². The third-order valence-electron chi connectivity index (χ3n) is 3.27. The molecule has 4 heteroatoms. The van der Waals surface area contributed by atoms with E-state index in [0.29, 0.717) is 0 Å². The number of allylic oxidation sites excluding steroid dienone is 1. The molecule has 0 aromatic heterocycles. The highest BCUT2D eigenvalue weighted by Gasteiger charge is 2.19. The molecule has 4 nitrogen and oxygen atoms in total. The second-order valence-electron chi connectivity index (χ2n) is 4.61. The molecule has 0 atom stereocenters. The fourth-order valence-corrected chi connectivity index (χ4v) is 2.29. The van der Waals surface area contributed by atoms with E-state index in [1.54, 1.807) is 7.11 Å². The molecule has 0 heterocycles. The molecule has 0 bridgehead atoms. The van der Waals surface area contributed by atoms with Gasteiger partial charge in [-0.25, -0.2) is 4.79 Å². The summed E-state index contributed by atoms with van der Waals surface area (Å²) in [6.07, 6.45) is 4.70. The van der Waals surface area contributed by atoms with Gasteiger partial charge in [-0.1, -0.05) is 17.7 Å². The number of hydrogen-bond donors (Lipinski definition) is 1. The van der Waals surface area contributed by atoms with Crippen LogP contribution in [0.2, 0.25) is 0 Å². The molecule has 0 amide bonds. The minimum atomic E-state index is -0.862. The maximum Gasteiger partial charge on any atom is 0.328 e. The van der Waals surface area contributed by atoms with Gasteiger partial charge in [0.05, 0.1) is 13.2 Å². The van der Waals surface area contributed by atoms with E-state index in [1.165, 1.54) is 6.08 Å². The SMILES string of the molecule is COc1ccccc1OC1CCC(=CC(=O)O)CC1. The standard InChI is InChI=1S/C15H18O4/c1-18-13-4-2-3-5-14(13)19-12-8-6-11(7-9-12)10-15(16)17/h2-5,10,12H,6-9H2,1H3,(H,16,17). The Morgan fingerprint density at radius 2 is 1.89 bits per heavy atom. The summed E-state index contributed by atoms with van der Waals surface area (Å²) in [4.78, 5) is 10.6. The van der Waals surface area contributed by atoms with Crippen molar-refractivity contribution in [2.45, 2.75) is 31.8 Å². The van der Waals surface area contributed by atoms with Gasteiger partial charge in [0.15, 0.2) is 11.5 Å². The van der Waals surface area contributed by atoms with Crippen LogP contribution in [-0.2, 0) is 4.79 Å². The zero-order valence-corrected chi connectivity index (χ0v) is 11.0. The zero-order valence-electron chi connectivity index (χ0n) is 11.0. The molecular formula is C15H18O4. The molecule has 0 saturated heterocycles. The van der Waals surface area contributed by atoms with Crippen LogP contribution in [0.3, 0.4) is 0 Å². The first kappa shape index (κ1) is 13.5. The van der Waals surface area contributed by atoms with Crippen LogP contribution < -0.4 is 9.47 Å². The largest absolute Gasteiger partial charge is 0.493 e. The first-order valence-electron chi connectivity index (χ1n) is 6.41. The number of benzene rings is 1. The van der Waals surface area contributed by atoms with Crippen LogP contribution in [0.5, 0.6) is 11.5 Å². The van der Waals surface area contributed by atoms with Gasteiger partial charge >= 0.3 is 5.97 Å². The van der Waals surface area contributed by atoms with Gasteiger partial charge in [0, 0.05) is 6.08 Å². The van der Waals surface area contributed by atoms with Crippen molar-refractivity contribution in [3.63, 3.8) is 0 Å². The van der Waals surface area contributed by atoms with E-state index in [1.807, 2.05) is 24.3 Å². The third-order valence-corrected chi connectivity index (χ3v) is 3.27. The zero-order chi connectivity index (χ0) is 13.7. The number of carboxylic acids is 1. The van der Waals surface area contributed by atoms with Gasteiger partial charge in [-0.15, -0.1) is 0 Å². The quantitative estimate of drug-likeness (QED) is 0.847. The Balaban J connectivity index is 1.94. The number of ether oxygens (including phenoxy) is 2. The lowest BCUT2D eigenvalue weighted by atomic mass is 9.92. The first-order valence-corrected chi connectivity index (χ1v) is 6.41. The van der Waals surface area contributed by atoms with Crippen molar-refractivity contribution in [3.8, 4) is 11.5 Å². The van der Waals surface area contributed by atoms with Gasteiger partial charge in [0.1, 0.15) is 0 Å². The Kier molecular flexibility index (Phi) is 4.44. The predicted molar refractivity (Wildman–Crippen MR) is 71.6 cm³/mol. The van der Waals surface area contributed by atoms with Crippen molar-refractivity contribution in [2.24, 2.45) is 0 Å². The van der Waals surface area contributed by atoms with Crippen molar-refractivity contribution >= 4 is 5.97 Å². The summed E-state index contributed by atoms with van der Waals surface area (Å²) in [5.74, 6) is 0.620. The molecule has 1 saturated carbocycles. The van der Waals surface area contributed by atoms with E-state index < -0.39 is 5.97 Å². The number of aliphatic carboxylic acids is 1. The lowest BCUT2D eigenvalue weighted by molar-refractivity contribution is -0.131. The average Bonchev–Trinajstić information content (AvgIpc) is 2.41. The molecule has 0 spiro atoms. The van der Waals surface area contributed by atoms with Gasteiger partial charge < -0.3 is 14.6 Å². The highest BCUT2D eigenvalue weighted by atomic mass is 16.5. The Labute approximate surface area is 112 Å². The summed E-state index contributed by atoms with van der Waals surface area (Å²) in [5, 5.41) is 8.71. The summed E-state index contributed by atoms with van der Waals surface area (Å²) in [6.45, 7) is 0. The molecule has 0 radical (unpaired) electrons. The number of carbonyl (C=O) groups is 1. The Morgan fingerprint density at radius 1 is 1.26 bits per heavy atom. The second-order valence-corrected chi connectivity index (χ2v) is 4.61. The lowest BCUT2D eigenvalue weighted by Crippen LogP contribution is -2.21. The van der Waals surface area contributed by atoms with E-state index in [-0.39, 0.29) is 6.10 Å². The summed E-state index contributed by atoms with van der Waals surface area (Å²) >= 11 is 0. The van der Waals surface area contributed by atoms with Crippen molar-refractivity contribution in [1.29, 1.82) is 0 Å². The number of para-hydroxylation sites is 2. The maximum absolute atomic E-state index is 10.6. The average molecular weight is 262 g/mol. The number of rotatable bonds is 4. The van der Waals surface area contributed by atoms with Crippen molar-refractivity contribution in [1.82, 2.24) is 0 Å². The summed E-state index contributed by atoms with van der Waals surface area (Å²) in [7, 11) is 1.62. The molecule has 1 fully saturated rings. The van der Waals surface area contributed by atoms with Gasteiger partial charge in [-0.3, -0.25) is 0 Å². The minimum Gasteiger partial charge on any atom is -0.493 e. The predicted octanol–water partition coefficient (Wildman–Crippen LogP) is 3.03. The Bertz CT molecular complexity index is 469. The van der Waals surface area contributed by atoms with Gasteiger partial charge in [-0.05, 0) is 37.8 Å². The van der Waals surface area contributed by atoms with Crippen LogP contribution in [0.1, 0.15) is 25.7 Å². The molecule has 2 rings (SSSR count). The van der Waals surface area contributed by atoms with Gasteiger partial charge in [0.25, 0.3) is 0 Å². The first-order chi connectivity index (χ1) is 9.19. The van der Waals surface area contributed by atoms with E-state index >= 15 is 0 Å². The van der Waals surface area contributed by atoms with Crippen LogP contribution in [0, 0.1) is 0 Å². The molecule has 0 aliphatic heterocycles. The molecule has 1 N–H and O–H groups in total. The number of hydrogen-bond acceptors (Lipinski definition) is 3. The summed E-state index contributed by atoms with van der Waals surface area (Å²) in [5.41, 5.74) is 0.993. The van der Waals surface area contributed by atoms with Crippen molar-refractivity contribution < 1.29 is 19.4 Å². The van der Waals surface area contributed by atoms with Gasteiger partial charge in [0.2, 0.25) is 0 Å². The van der Waals surface area contributed by atoms with Crippen molar-refractivity contribution in [3.05, 3.63) is 35.9 Å². The fourth-order valence-electron chi connectivity index (χ4n) is 2.29. The van der Waals surface area contributed by atoms with E-state index in [2.05, 4.69) is 0 Å². The van der Waals surface area contributed by atoms with E-state index in [9.17, 15) is 4.79 Å². The number of methoxy groups -OCH3 is 1. The van der Waals surface area contributed by atoms with Gasteiger partial charge in [-0.2, -0.15) is 0 Å². The molecule has 19 heavy (non-hydrogen) atoms. The second kappa shape index (κ2) is 6.27. The van der Waals surface area contributed by atoms with E-state index in [4.69, 9.17) is 14.6 Å². The summed E-state index contributed by atoms with van der Waals surface area (Å²) < 4.78 is 11.2. The molecule has 1 aliphatic carbocycles. The topological polar surface area (TPSA) is 55.8 Å². The van der Waals surface area contributed by atoms with Crippen LogP contribution in [0.4, 0.5) is 0 Å². The Hall–Kier alpha value is -1.97. The Morgan fingerprint density at radius 3 is 2.47 bits per heavy atom. The third kappa shape index (κ3) is 3.74. The molecule has 0 unspecified atom stereocenters. The number of carboxylic acid groups (broad SMARTS) is 1.